The van der Waals surface area contributed by atoms with E-state index in [1.54, 1.807) is 0 Å². The van der Waals surface area contributed by atoms with Gasteiger partial charge in [-0.3, -0.25) is 9.59 Å². The van der Waals surface area contributed by atoms with Gasteiger partial charge in [-0.2, -0.15) is 0 Å². The number of H-pyrrole nitrogens is 1. The van der Waals surface area contributed by atoms with Crippen LogP contribution in [-0.4, -0.2) is 27.7 Å². The zero-order valence-corrected chi connectivity index (χ0v) is 16.6. The van der Waals surface area contributed by atoms with Crippen molar-refractivity contribution in [1.82, 2.24) is 9.97 Å². The monoisotopic (exact) mass is 375 g/mol. The van der Waals surface area contributed by atoms with E-state index in [-0.39, 0.29) is 29.9 Å². The van der Waals surface area contributed by atoms with Crippen LogP contribution in [0.3, 0.4) is 0 Å². The van der Waals surface area contributed by atoms with Crippen LogP contribution in [0.2, 0.25) is 0 Å². The highest BCUT2D eigenvalue weighted by atomic mass is 32.2. The van der Waals surface area contributed by atoms with Crippen LogP contribution < -0.4 is 10.9 Å². The molecule has 0 unspecified atom stereocenters. The molecule has 0 atom stereocenters. The molecule has 0 saturated carbocycles. The van der Waals surface area contributed by atoms with Gasteiger partial charge in [0.2, 0.25) is 5.91 Å². The Morgan fingerprint density at radius 3 is 2.50 bits per heavy atom. The van der Waals surface area contributed by atoms with Crippen LogP contribution >= 0.6 is 11.8 Å². The van der Waals surface area contributed by atoms with Crippen LogP contribution in [0.4, 0.5) is 5.69 Å². The van der Waals surface area contributed by atoms with Gasteiger partial charge in [0.1, 0.15) is 0 Å². The van der Waals surface area contributed by atoms with Crippen molar-refractivity contribution >= 4 is 23.4 Å². The molecule has 1 aromatic heterocycles. The smallest absolute Gasteiger partial charge is 0.251 e. The fourth-order valence-corrected chi connectivity index (χ4v) is 3.26. The lowest BCUT2D eigenvalue weighted by molar-refractivity contribution is -0.113. The number of anilines is 1. The predicted molar refractivity (Wildman–Crippen MR) is 105 cm³/mol. The lowest BCUT2D eigenvalue weighted by Crippen LogP contribution is -2.17. The second kappa shape index (κ2) is 9.00. The van der Waals surface area contributed by atoms with E-state index in [1.807, 2.05) is 46.8 Å². The molecule has 6 nitrogen and oxygen atoms in total. The molecule has 0 saturated heterocycles. The number of amides is 1. The standard InChI is InChI=1S/C19H25N3O3S/c1-11(2)25-9-15-8-16(23)22-19(20-15)26-10-17(24)21-18-13(4)6-12(3)7-14(18)5/h6-8,11H,9-10H2,1-5H3,(H,21,24)(H,20,22,23). The first-order valence-electron chi connectivity index (χ1n) is 8.47. The number of benzene rings is 1. The normalized spacial score (nSPS) is 11.0. The van der Waals surface area contributed by atoms with Gasteiger partial charge in [0.05, 0.1) is 24.2 Å². The van der Waals surface area contributed by atoms with Crippen LogP contribution in [0.15, 0.2) is 28.2 Å². The lowest BCUT2D eigenvalue weighted by Gasteiger charge is -2.12. The number of hydrogen-bond donors (Lipinski definition) is 2. The number of aromatic amines is 1. The minimum Gasteiger partial charge on any atom is -0.373 e. The molecular formula is C19H25N3O3S. The number of nitrogens with one attached hydrogen (secondary N) is 2. The molecule has 2 N–H and O–H groups in total. The van der Waals surface area contributed by atoms with E-state index < -0.39 is 0 Å². The van der Waals surface area contributed by atoms with Gasteiger partial charge in [0, 0.05) is 11.8 Å². The van der Waals surface area contributed by atoms with Crippen molar-refractivity contribution in [1.29, 1.82) is 0 Å². The first kappa shape index (κ1) is 20.2. The third-order valence-corrected chi connectivity index (χ3v) is 4.49. The third kappa shape index (κ3) is 6.00. The van der Waals surface area contributed by atoms with Gasteiger partial charge in [0.15, 0.2) is 5.16 Å². The van der Waals surface area contributed by atoms with E-state index in [4.69, 9.17) is 4.74 Å². The number of ether oxygens (including phenoxy) is 1. The highest BCUT2D eigenvalue weighted by molar-refractivity contribution is 7.99. The number of thioether (sulfide) groups is 1. The molecule has 1 heterocycles. The Balaban J connectivity index is 2.00. The molecule has 1 amide bonds. The van der Waals surface area contributed by atoms with Crippen LogP contribution in [0.5, 0.6) is 0 Å². The zero-order valence-electron chi connectivity index (χ0n) is 15.8. The molecule has 0 aliphatic heterocycles. The Bertz CT molecular complexity index is 823. The second-order valence-corrected chi connectivity index (χ2v) is 7.48. The second-order valence-electron chi connectivity index (χ2n) is 6.51. The first-order chi connectivity index (χ1) is 12.2. The summed E-state index contributed by atoms with van der Waals surface area (Å²) in [6.45, 7) is 10.1. The summed E-state index contributed by atoms with van der Waals surface area (Å²) in [4.78, 5) is 31.0. The molecule has 140 valence electrons. The number of carbonyl (C=O) groups is 1. The van der Waals surface area contributed by atoms with Gasteiger partial charge in [-0.15, -0.1) is 0 Å². The molecular weight excluding hydrogens is 350 g/mol. The molecule has 0 bridgehead atoms. The molecule has 7 heteroatoms. The van der Waals surface area contributed by atoms with Crippen molar-refractivity contribution in [2.24, 2.45) is 0 Å². The minimum atomic E-state index is -0.254. The Hall–Kier alpha value is -2.12. The number of aromatic nitrogens is 2. The summed E-state index contributed by atoms with van der Waals surface area (Å²) in [6, 6.07) is 5.48. The van der Waals surface area contributed by atoms with E-state index in [2.05, 4.69) is 15.3 Å². The fourth-order valence-electron chi connectivity index (χ4n) is 2.56. The van der Waals surface area contributed by atoms with Crippen molar-refractivity contribution in [2.75, 3.05) is 11.1 Å². The topological polar surface area (TPSA) is 84.1 Å². The third-order valence-electron chi connectivity index (χ3n) is 3.62. The molecule has 0 aliphatic rings. The maximum absolute atomic E-state index is 12.3. The summed E-state index contributed by atoms with van der Waals surface area (Å²) in [5.41, 5.74) is 4.35. The van der Waals surface area contributed by atoms with Crippen molar-refractivity contribution in [3.05, 3.63) is 50.9 Å². The number of nitrogens with zero attached hydrogens (tertiary/aromatic N) is 1. The average molecular weight is 375 g/mol. The average Bonchev–Trinajstić information content (AvgIpc) is 2.54. The maximum atomic E-state index is 12.3. The summed E-state index contributed by atoms with van der Waals surface area (Å²) in [5.74, 6) is 0.0148. The summed E-state index contributed by atoms with van der Waals surface area (Å²) >= 11 is 1.19. The van der Waals surface area contributed by atoms with Crippen molar-refractivity contribution < 1.29 is 9.53 Å². The molecule has 0 aliphatic carbocycles. The molecule has 0 spiro atoms. The number of rotatable bonds is 7. The summed E-state index contributed by atoms with van der Waals surface area (Å²) in [7, 11) is 0. The Morgan fingerprint density at radius 2 is 1.88 bits per heavy atom. The van der Waals surface area contributed by atoms with E-state index in [9.17, 15) is 9.59 Å². The van der Waals surface area contributed by atoms with E-state index in [0.29, 0.717) is 10.9 Å². The Kier molecular flexibility index (Phi) is 6.99. The fraction of sp³-hybridized carbons (Fsp3) is 0.421. The number of carbonyl (C=O) groups excluding carboxylic acids is 1. The minimum absolute atomic E-state index is 0.0546. The van der Waals surface area contributed by atoms with Gasteiger partial charge < -0.3 is 15.0 Å². The zero-order chi connectivity index (χ0) is 19.3. The van der Waals surface area contributed by atoms with Gasteiger partial charge in [-0.1, -0.05) is 29.5 Å². The molecule has 0 radical (unpaired) electrons. The van der Waals surface area contributed by atoms with Gasteiger partial charge in [-0.05, 0) is 45.7 Å². The van der Waals surface area contributed by atoms with Gasteiger partial charge in [0.25, 0.3) is 5.56 Å². The van der Waals surface area contributed by atoms with Gasteiger partial charge >= 0.3 is 0 Å². The maximum Gasteiger partial charge on any atom is 0.251 e. The van der Waals surface area contributed by atoms with Crippen LogP contribution in [0, 0.1) is 20.8 Å². The summed E-state index contributed by atoms with van der Waals surface area (Å²) in [5, 5.41) is 3.35. The van der Waals surface area contributed by atoms with Crippen LogP contribution in [0.1, 0.15) is 36.2 Å². The van der Waals surface area contributed by atoms with E-state index in [0.717, 1.165) is 22.4 Å². The largest absolute Gasteiger partial charge is 0.373 e. The van der Waals surface area contributed by atoms with Crippen LogP contribution in [-0.2, 0) is 16.1 Å². The summed E-state index contributed by atoms with van der Waals surface area (Å²) < 4.78 is 5.47. The van der Waals surface area contributed by atoms with E-state index in [1.165, 1.54) is 17.8 Å². The quantitative estimate of drug-likeness (QED) is 0.573. The lowest BCUT2D eigenvalue weighted by atomic mass is 10.1. The SMILES string of the molecule is Cc1cc(C)c(NC(=O)CSc2nc(COC(C)C)cc(=O)[nH]2)c(C)c1. The number of aryl methyl sites for hydroxylation is 3. The first-order valence-corrected chi connectivity index (χ1v) is 9.45. The van der Waals surface area contributed by atoms with E-state index >= 15 is 0 Å². The van der Waals surface area contributed by atoms with Crippen molar-refractivity contribution in [3.63, 3.8) is 0 Å². The highest BCUT2D eigenvalue weighted by Gasteiger charge is 2.10. The predicted octanol–water partition coefficient (Wildman–Crippen LogP) is 3.35. The molecule has 2 aromatic rings. The Morgan fingerprint density at radius 1 is 1.23 bits per heavy atom. The molecule has 26 heavy (non-hydrogen) atoms. The van der Waals surface area contributed by atoms with Crippen molar-refractivity contribution in [3.8, 4) is 0 Å². The number of hydrogen-bond acceptors (Lipinski definition) is 5. The van der Waals surface area contributed by atoms with Crippen LogP contribution in [0.25, 0.3) is 0 Å². The molecule has 0 fully saturated rings. The van der Waals surface area contributed by atoms with Gasteiger partial charge in [-0.25, -0.2) is 4.98 Å². The molecule has 2 rings (SSSR count). The van der Waals surface area contributed by atoms with Crippen molar-refractivity contribution in [2.45, 2.75) is 52.5 Å². The highest BCUT2D eigenvalue weighted by Crippen LogP contribution is 2.22. The molecule has 1 aromatic carbocycles. The Labute approximate surface area is 157 Å². The summed E-state index contributed by atoms with van der Waals surface area (Å²) in [6.07, 6.45) is 0.0546.